The van der Waals surface area contributed by atoms with Crippen molar-refractivity contribution < 1.29 is 4.74 Å². The molecule has 29 heavy (non-hydrogen) atoms. The fraction of sp³-hybridized carbons (Fsp3) is 0.318. The van der Waals surface area contributed by atoms with E-state index in [1.807, 2.05) is 36.4 Å². The van der Waals surface area contributed by atoms with Crippen molar-refractivity contribution in [2.24, 2.45) is 0 Å². The van der Waals surface area contributed by atoms with Crippen LogP contribution < -0.4 is 10.6 Å². The summed E-state index contributed by atoms with van der Waals surface area (Å²) in [5, 5.41) is 6.84. The van der Waals surface area contributed by atoms with Gasteiger partial charge in [0, 0.05) is 49.7 Å². The summed E-state index contributed by atoms with van der Waals surface area (Å²) in [5.74, 6) is 1.59. The average Bonchev–Trinajstić information content (AvgIpc) is 2.77. The van der Waals surface area contributed by atoms with Crippen LogP contribution in [0.5, 0.6) is 0 Å². The molecule has 0 unspecified atom stereocenters. The molecular formula is C22H26N6O. The van der Waals surface area contributed by atoms with E-state index in [9.17, 15) is 0 Å². The molecule has 7 nitrogen and oxygen atoms in total. The summed E-state index contributed by atoms with van der Waals surface area (Å²) in [7, 11) is 0. The fourth-order valence-electron chi connectivity index (χ4n) is 3.32. The van der Waals surface area contributed by atoms with Gasteiger partial charge in [-0.1, -0.05) is 18.2 Å². The predicted octanol–water partition coefficient (Wildman–Crippen LogP) is 3.33. The Balaban J connectivity index is 1.47. The molecule has 2 N–H and O–H groups in total. The van der Waals surface area contributed by atoms with Gasteiger partial charge in [0.25, 0.3) is 0 Å². The SMILES string of the molecule is Cc1ccccc1Nc1ncccc1-c1cc(NCCN2CCOCC2)ncn1. The highest BCUT2D eigenvalue weighted by Gasteiger charge is 2.11. The molecule has 1 saturated heterocycles. The number of rotatable bonds is 7. The standard InChI is InChI=1S/C22H26N6O/c1-17-5-2-3-7-19(17)27-22-18(6-4-8-24-22)20-15-21(26-16-25-20)23-9-10-28-11-13-29-14-12-28/h2-8,15-16H,9-14H2,1H3,(H,24,27)(H,23,25,26). The van der Waals surface area contributed by atoms with E-state index in [2.05, 4.69) is 43.5 Å². The van der Waals surface area contributed by atoms with E-state index in [0.717, 1.165) is 73.5 Å². The van der Waals surface area contributed by atoms with Gasteiger partial charge in [-0.3, -0.25) is 4.90 Å². The molecule has 7 heteroatoms. The minimum Gasteiger partial charge on any atom is -0.379 e. The quantitative estimate of drug-likeness (QED) is 0.641. The number of morpholine rings is 1. The highest BCUT2D eigenvalue weighted by Crippen LogP contribution is 2.28. The molecule has 0 spiro atoms. The number of benzene rings is 1. The number of pyridine rings is 1. The summed E-state index contributed by atoms with van der Waals surface area (Å²) in [6, 6.07) is 14.1. The van der Waals surface area contributed by atoms with E-state index >= 15 is 0 Å². The number of anilines is 3. The van der Waals surface area contributed by atoms with Crippen LogP contribution in [0.25, 0.3) is 11.3 Å². The summed E-state index contributed by atoms with van der Waals surface area (Å²) >= 11 is 0. The van der Waals surface area contributed by atoms with Crippen LogP contribution in [0.2, 0.25) is 0 Å². The van der Waals surface area contributed by atoms with Crippen LogP contribution in [-0.4, -0.2) is 59.2 Å². The van der Waals surface area contributed by atoms with Gasteiger partial charge in [0.2, 0.25) is 0 Å². The molecule has 0 saturated carbocycles. The van der Waals surface area contributed by atoms with E-state index in [1.165, 1.54) is 0 Å². The van der Waals surface area contributed by atoms with Crippen molar-refractivity contribution >= 4 is 17.3 Å². The van der Waals surface area contributed by atoms with Gasteiger partial charge in [-0.05, 0) is 30.7 Å². The maximum atomic E-state index is 5.40. The van der Waals surface area contributed by atoms with Crippen LogP contribution in [0.4, 0.5) is 17.3 Å². The maximum absolute atomic E-state index is 5.40. The summed E-state index contributed by atoms with van der Waals surface area (Å²) in [4.78, 5) is 15.8. The molecular weight excluding hydrogens is 364 g/mol. The van der Waals surface area contributed by atoms with E-state index in [-0.39, 0.29) is 0 Å². The van der Waals surface area contributed by atoms with Gasteiger partial charge < -0.3 is 15.4 Å². The zero-order valence-electron chi connectivity index (χ0n) is 16.6. The number of nitrogens with one attached hydrogen (secondary N) is 2. The van der Waals surface area contributed by atoms with Gasteiger partial charge in [0.1, 0.15) is 18.0 Å². The Morgan fingerprint density at radius 3 is 2.76 bits per heavy atom. The minimum absolute atomic E-state index is 0.778. The van der Waals surface area contributed by atoms with Crippen molar-refractivity contribution in [2.45, 2.75) is 6.92 Å². The van der Waals surface area contributed by atoms with Crippen LogP contribution in [0.15, 0.2) is 55.0 Å². The molecule has 0 radical (unpaired) electrons. The van der Waals surface area contributed by atoms with Crippen molar-refractivity contribution in [3.05, 3.63) is 60.6 Å². The van der Waals surface area contributed by atoms with Crippen LogP contribution >= 0.6 is 0 Å². The van der Waals surface area contributed by atoms with Gasteiger partial charge in [-0.2, -0.15) is 0 Å². The Labute approximate surface area is 171 Å². The Morgan fingerprint density at radius 1 is 1.03 bits per heavy atom. The zero-order valence-corrected chi connectivity index (χ0v) is 16.6. The molecule has 1 fully saturated rings. The highest BCUT2D eigenvalue weighted by atomic mass is 16.5. The lowest BCUT2D eigenvalue weighted by atomic mass is 10.1. The molecule has 2 aromatic heterocycles. The zero-order chi connectivity index (χ0) is 19.9. The molecule has 3 heterocycles. The number of nitrogens with zero attached hydrogens (tertiary/aromatic N) is 4. The van der Waals surface area contributed by atoms with Crippen molar-refractivity contribution in [2.75, 3.05) is 50.0 Å². The van der Waals surface area contributed by atoms with Crippen molar-refractivity contribution in [1.82, 2.24) is 19.9 Å². The second-order valence-electron chi connectivity index (χ2n) is 7.01. The van der Waals surface area contributed by atoms with E-state index in [4.69, 9.17) is 4.74 Å². The van der Waals surface area contributed by atoms with Gasteiger partial charge in [0.15, 0.2) is 0 Å². The van der Waals surface area contributed by atoms with Gasteiger partial charge in [-0.25, -0.2) is 15.0 Å². The number of ether oxygens (including phenoxy) is 1. The molecule has 0 aliphatic carbocycles. The van der Waals surface area contributed by atoms with E-state index < -0.39 is 0 Å². The van der Waals surface area contributed by atoms with Gasteiger partial charge in [0.05, 0.1) is 18.9 Å². The average molecular weight is 390 g/mol. The first-order valence-corrected chi connectivity index (χ1v) is 9.94. The second kappa shape index (κ2) is 9.45. The first kappa shape index (κ1) is 19.3. The Bertz CT molecular complexity index is 942. The summed E-state index contributed by atoms with van der Waals surface area (Å²) in [6.07, 6.45) is 3.38. The largest absolute Gasteiger partial charge is 0.379 e. The molecule has 1 aliphatic heterocycles. The second-order valence-corrected chi connectivity index (χ2v) is 7.01. The predicted molar refractivity (Wildman–Crippen MR) is 115 cm³/mol. The Hall–Kier alpha value is -3.03. The third-order valence-corrected chi connectivity index (χ3v) is 4.99. The van der Waals surface area contributed by atoms with Crippen molar-refractivity contribution in [1.29, 1.82) is 0 Å². The smallest absolute Gasteiger partial charge is 0.139 e. The van der Waals surface area contributed by atoms with Crippen LogP contribution in [0.3, 0.4) is 0 Å². The van der Waals surface area contributed by atoms with Gasteiger partial charge >= 0.3 is 0 Å². The van der Waals surface area contributed by atoms with Gasteiger partial charge in [-0.15, -0.1) is 0 Å². The third kappa shape index (κ3) is 5.07. The molecule has 4 rings (SSSR count). The Morgan fingerprint density at radius 2 is 1.90 bits per heavy atom. The van der Waals surface area contributed by atoms with E-state index in [0.29, 0.717) is 0 Å². The molecule has 0 bridgehead atoms. The molecule has 3 aromatic rings. The first-order valence-electron chi connectivity index (χ1n) is 9.94. The Kier molecular flexibility index (Phi) is 6.29. The highest BCUT2D eigenvalue weighted by molar-refractivity contribution is 5.77. The number of aromatic nitrogens is 3. The number of hydrogen-bond donors (Lipinski definition) is 2. The monoisotopic (exact) mass is 390 g/mol. The molecule has 0 atom stereocenters. The number of para-hydroxylation sites is 1. The lowest BCUT2D eigenvalue weighted by Gasteiger charge is -2.26. The van der Waals surface area contributed by atoms with Crippen LogP contribution in [0.1, 0.15) is 5.56 Å². The molecule has 0 amide bonds. The minimum atomic E-state index is 0.778. The summed E-state index contributed by atoms with van der Waals surface area (Å²) < 4.78 is 5.40. The molecule has 1 aromatic carbocycles. The van der Waals surface area contributed by atoms with Crippen molar-refractivity contribution in [3.8, 4) is 11.3 Å². The van der Waals surface area contributed by atoms with E-state index in [1.54, 1.807) is 12.5 Å². The molecule has 150 valence electrons. The first-order chi connectivity index (χ1) is 14.3. The third-order valence-electron chi connectivity index (χ3n) is 4.99. The van der Waals surface area contributed by atoms with Crippen LogP contribution in [-0.2, 0) is 4.74 Å². The maximum Gasteiger partial charge on any atom is 0.139 e. The fourth-order valence-corrected chi connectivity index (χ4v) is 3.32. The topological polar surface area (TPSA) is 75.2 Å². The molecule has 1 aliphatic rings. The lowest BCUT2D eigenvalue weighted by Crippen LogP contribution is -2.39. The summed E-state index contributed by atoms with van der Waals surface area (Å²) in [6.45, 7) is 7.48. The number of hydrogen-bond acceptors (Lipinski definition) is 7. The normalized spacial score (nSPS) is 14.5. The lowest BCUT2D eigenvalue weighted by molar-refractivity contribution is 0.0398. The van der Waals surface area contributed by atoms with Crippen LogP contribution in [0, 0.1) is 6.92 Å². The van der Waals surface area contributed by atoms with Crippen molar-refractivity contribution in [3.63, 3.8) is 0 Å². The number of aryl methyl sites for hydroxylation is 1. The summed E-state index contributed by atoms with van der Waals surface area (Å²) in [5.41, 5.74) is 3.97.